The van der Waals surface area contributed by atoms with Gasteiger partial charge >= 0.3 is 0 Å². The second-order valence-corrected chi connectivity index (χ2v) is 5.35. The van der Waals surface area contributed by atoms with Gasteiger partial charge in [-0.2, -0.15) is 0 Å². The van der Waals surface area contributed by atoms with Crippen molar-refractivity contribution in [2.45, 2.75) is 19.9 Å². The highest BCUT2D eigenvalue weighted by Crippen LogP contribution is 2.06. The topological polar surface area (TPSA) is 38.8 Å². The van der Waals surface area contributed by atoms with E-state index in [4.69, 9.17) is 0 Å². The van der Waals surface area contributed by atoms with Gasteiger partial charge in [-0.15, -0.1) is 0 Å². The number of piperazine rings is 2. The average Bonchev–Trinajstić information content (AvgIpc) is 2.40. The first-order valence-electron chi connectivity index (χ1n) is 7.15. The van der Waals surface area contributed by atoms with Crippen LogP contribution in [0, 0.1) is 0 Å². The molecule has 1 atom stereocenters. The summed E-state index contributed by atoms with van der Waals surface area (Å²) in [7, 11) is 0. The number of likely N-dealkylation sites (N-methyl/N-ethyl adjacent to an activating group) is 1. The quantitative estimate of drug-likeness (QED) is 0.733. The maximum atomic E-state index is 12.3. The summed E-state index contributed by atoms with van der Waals surface area (Å²) >= 11 is 0. The largest absolute Gasteiger partial charge is 0.336 e. The Morgan fingerprint density at radius 1 is 1.17 bits per heavy atom. The number of rotatable bonds is 3. The molecule has 2 aliphatic heterocycles. The molecule has 0 unspecified atom stereocenters. The lowest BCUT2D eigenvalue weighted by Crippen LogP contribution is -2.56. The number of nitrogens with zero attached hydrogens (tertiary/aromatic N) is 3. The highest BCUT2D eigenvalue weighted by Gasteiger charge is 2.25. The summed E-state index contributed by atoms with van der Waals surface area (Å²) in [4.78, 5) is 19.0. The van der Waals surface area contributed by atoms with E-state index in [1.807, 2.05) is 4.90 Å². The Morgan fingerprint density at radius 2 is 1.83 bits per heavy atom. The van der Waals surface area contributed by atoms with Crippen LogP contribution in [0.5, 0.6) is 0 Å². The SMILES string of the molecule is CCN1CCN(CC(=O)N2CCNC[C@@H]2C)CC1. The smallest absolute Gasteiger partial charge is 0.237 e. The minimum Gasteiger partial charge on any atom is -0.336 e. The molecule has 2 aliphatic rings. The zero-order valence-electron chi connectivity index (χ0n) is 11.7. The summed E-state index contributed by atoms with van der Waals surface area (Å²) in [5.41, 5.74) is 0. The third-order valence-corrected chi connectivity index (χ3v) is 4.09. The molecule has 2 heterocycles. The molecule has 0 aliphatic carbocycles. The normalized spacial score (nSPS) is 27.4. The summed E-state index contributed by atoms with van der Waals surface area (Å²) in [6.07, 6.45) is 0. The van der Waals surface area contributed by atoms with Crippen LogP contribution in [-0.4, -0.2) is 85.6 Å². The number of carbonyl (C=O) groups is 1. The number of amides is 1. The van der Waals surface area contributed by atoms with Crippen molar-refractivity contribution in [1.29, 1.82) is 0 Å². The molecule has 2 rings (SSSR count). The van der Waals surface area contributed by atoms with Gasteiger partial charge in [-0.05, 0) is 13.5 Å². The zero-order valence-corrected chi connectivity index (χ0v) is 11.7. The summed E-state index contributed by atoms with van der Waals surface area (Å²) < 4.78 is 0. The summed E-state index contributed by atoms with van der Waals surface area (Å²) in [6, 6.07) is 0.336. The molecule has 0 saturated carbocycles. The Bertz CT molecular complexity index is 276. The molecule has 18 heavy (non-hydrogen) atoms. The van der Waals surface area contributed by atoms with E-state index in [2.05, 4.69) is 29.0 Å². The van der Waals surface area contributed by atoms with Crippen LogP contribution in [0.25, 0.3) is 0 Å². The van der Waals surface area contributed by atoms with Crippen molar-refractivity contribution in [2.24, 2.45) is 0 Å². The maximum Gasteiger partial charge on any atom is 0.237 e. The first-order chi connectivity index (χ1) is 8.70. The van der Waals surface area contributed by atoms with Gasteiger partial charge in [-0.3, -0.25) is 9.69 Å². The van der Waals surface area contributed by atoms with Crippen LogP contribution >= 0.6 is 0 Å². The minimum absolute atomic E-state index is 0.300. The van der Waals surface area contributed by atoms with Gasteiger partial charge in [0.05, 0.1) is 6.54 Å². The van der Waals surface area contributed by atoms with E-state index in [0.717, 1.165) is 52.4 Å². The number of hydrogen-bond donors (Lipinski definition) is 1. The standard InChI is InChI=1S/C13H26N4O/c1-3-15-6-8-16(9-7-15)11-13(18)17-5-4-14-10-12(17)2/h12,14H,3-11H2,1-2H3/t12-/m0/s1. The van der Waals surface area contributed by atoms with Gasteiger partial charge in [0.2, 0.25) is 5.91 Å². The van der Waals surface area contributed by atoms with Crippen molar-refractivity contribution in [3.8, 4) is 0 Å². The van der Waals surface area contributed by atoms with E-state index in [1.54, 1.807) is 0 Å². The lowest BCUT2D eigenvalue weighted by Gasteiger charge is -2.38. The molecular weight excluding hydrogens is 228 g/mol. The van der Waals surface area contributed by atoms with Gasteiger partial charge in [0.15, 0.2) is 0 Å². The number of carbonyl (C=O) groups excluding carboxylic acids is 1. The highest BCUT2D eigenvalue weighted by atomic mass is 16.2. The van der Waals surface area contributed by atoms with Crippen LogP contribution in [0.1, 0.15) is 13.8 Å². The van der Waals surface area contributed by atoms with Crippen molar-refractivity contribution in [3.63, 3.8) is 0 Å². The minimum atomic E-state index is 0.300. The summed E-state index contributed by atoms with van der Waals surface area (Å²) in [6.45, 7) is 13.0. The van der Waals surface area contributed by atoms with E-state index in [0.29, 0.717) is 18.5 Å². The first kappa shape index (κ1) is 13.8. The molecule has 1 amide bonds. The van der Waals surface area contributed by atoms with Crippen LogP contribution < -0.4 is 5.32 Å². The van der Waals surface area contributed by atoms with Crippen molar-refractivity contribution >= 4 is 5.91 Å². The third kappa shape index (κ3) is 3.43. The van der Waals surface area contributed by atoms with Crippen molar-refractivity contribution in [2.75, 3.05) is 58.9 Å². The van der Waals surface area contributed by atoms with Crippen LogP contribution in [-0.2, 0) is 4.79 Å². The van der Waals surface area contributed by atoms with E-state index in [1.165, 1.54) is 0 Å². The average molecular weight is 254 g/mol. The Hall–Kier alpha value is -0.650. The van der Waals surface area contributed by atoms with E-state index >= 15 is 0 Å². The second kappa shape index (κ2) is 6.50. The molecule has 0 aromatic rings. The molecule has 0 spiro atoms. The summed E-state index contributed by atoms with van der Waals surface area (Å²) in [5.74, 6) is 0.300. The van der Waals surface area contributed by atoms with Gasteiger partial charge in [-0.25, -0.2) is 0 Å². The van der Waals surface area contributed by atoms with Gasteiger partial charge in [0, 0.05) is 51.9 Å². The fourth-order valence-electron chi connectivity index (χ4n) is 2.76. The Kier molecular flexibility index (Phi) is 4.97. The van der Waals surface area contributed by atoms with Crippen molar-refractivity contribution < 1.29 is 4.79 Å². The molecule has 5 heteroatoms. The molecular formula is C13H26N4O. The van der Waals surface area contributed by atoms with Crippen molar-refractivity contribution in [1.82, 2.24) is 20.0 Å². The van der Waals surface area contributed by atoms with E-state index < -0.39 is 0 Å². The summed E-state index contributed by atoms with van der Waals surface area (Å²) in [5, 5.41) is 3.32. The van der Waals surface area contributed by atoms with Crippen LogP contribution in [0.2, 0.25) is 0 Å². The first-order valence-corrected chi connectivity index (χ1v) is 7.15. The molecule has 0 bridgehead atoms. The molecule has 0 aromatic heterocycles. The molecule has 104 valence electrons. The monoisotopic (exact) mass is 254 g/mol. The van der Waals surface area contributed by atoms with E-state index in [-0.39, 0.29) is 0 Å². The van der Waals surface area contributed by atoms with Gasteiger partial charge in [0.1, 0.15) is 0 Å². The second-order valence-electron chi connectivity index (χ2n) is 5.35. The van der Waals surface area contributed by atoms with Gasteiger partial charge < -0.3 is 15.1 Å². The Balaban J connectivity index is 1.77. The predicted molar refractivity (Wildman–Crippen MR) is 72.6 cm³/mol. The molecule has 2 fully saturated rings. The Labute approximate surface area is 110 Å². The maximum absolute atomic E-state index is 12.3. The molecule has 2 saturated heterocycles. The fourth-order valence-corrected chi connectivity index (χ4v) is 2.76. The van der Waals surface area contributed by atoms with Crippen LogP contribution in [0.15, 0.2) is 0 Å². The van der Waals surface area contributed by atoms with Crippen LogP contribution in [0.3, 0.4) is 0 Å². The molecule has 5 nitrogen and oxygen atoms in total. The van der Waals surface area contributed by atoms with Gasteiger partial charge in [-0.1, -0.05) is 6.92 Å². The lowest BCUT2D eigenvalue weighted by molar-refractivity contribution is -0.135. The van der Waals surface area contributed by atoms with Gasteiger partial charge in [0.25, 0.3) is 0 Å². The number of hydrogen-bond acceptors (Lipinski definition) is 4. The third-order valence-electron chi connectivity index (χ3n) is 4.09. The molecule has 0 radical (unpaired) electrons. The predicted octanol–water partition coefficient (Wildman–Crippen LogP) is -0.556. The Morgan fingerprint density at radius 3 is 2.44 bits per heavy atom. The lowest BCUT2D eigenvalue weighted by atomic mass is 10.2. The number of nitrogens with one attached hydrogen (secondary N) is 1. The van der Waals surface area contributed by atoms with Crippen molar-refractivity contribution in [3.05, 3.63) is 0 Å². The molecule has 1 N–H and O–H groups in total. The highest BCUT2D eigenvalue weighted by molar-refractivity contribution is 5.78. The van der Waals surface area contributed by atoms with E-state index in [9.17, 15) is 4.79 Å². The zero-order chi connectivity index (χ0) is 13.0. The van der Waals surface area contributed by atoms with Crippen LogP contribution in [0.4, 0.5) is 0 Å². The fraction of sp³-hybridized carbons (Fsp3) is 0.923. The molecule has 0 aromatic carbocycles.